The number of benzene rings is 3. The number of aliphatic hydroxyl groups is 1. The smallest absolute Gasteiger partial charge is 0.349 e. The number of nitrogens with zero attached hydrogens (tertiary/aromatic N) is 1. The van der Waals surface area contributed by atoms with E-state index in [0.717, 1.165) is 27.3 Å². The van der Waals surface area contributed by atoms with Crippen molar-refractivity contribution in [1.29, 1.82) is 0 Å². The van der Waals surface area contributed by atoms with E-state index in [1.165, 1.54) is 11.8 Å². The Hall–Kier alpha value is -4.56. The summed E-state index contributed by atoms with van der Waals surface area (Å²) >= 11 is 1.23. The molecule has 0 fully saturated rings. The van der Waals surface area contributed by atoms with Gasteiger partial charge >= 0.3 is 12.0 Å². The number of hydrogen-bond acceptors (Lipinski definition) is 6. The molecule has 5 rings (SSSR count). The van der Waals surface area contributed by atoms with E-state index in [4.69, 9.17) is 4.74 Å². The monoisotopic (exact) mass is 593 g/mol. The van der Waals surface area contributed by atoms with Gasteiger partial charge in [-0.3, -0.25) is 4.98 Å². The summed E-state index contributed by atoms with van der Waals surface area (Å²) in [4.78, 5) is 32.2. The predicted octanol–water partition coefficient (Wildman–Crippen LogP) is 7.54. The van der Waals surface area contributed by atoms with Gasteiger partial charge in [-0.1, -0.05) is 111 Å². The molecule has 1 aliphatic rings. The first kappa shape index (κ1) is 29.9. The number of urea groups is 1. The van der Waals surface area contributed by atoms with E-state index in [1.54, 1.807) is 6.20 Å². The number of carbonyl (C=O) groups is 2. The maximum atomic E-state index is 13.7. The highest BCUT2D eigenvalue weighted by Gasteiger charge is 2.46. The van der Waals surface area contributed by atoms with Crippen molar-refractivity contribution >= 4 is 23.8 Å². The number of nitrogens with one attached hydrogen (secondary N) is 2. The Morgan fingerprint density at radius 3 is 2.30 bits per heavy atom. The molecular weight excluding hydrogens is 558 g/mol. The summed E-state index contributed by atoms with van der Waals surface area (Å²) < 4.78 is 6.32. The number of aromatic nitrogens is 1. The van der Waals surface area contributed by atoms with Gasteiger partial charge in [0.15, 0.2) is 0 Å². The fraction of sp³-hybridized carbons (Fsp3) is 0.229. The molecule has 3 aromatic carbocycles. The summed E-state index contributed by atoms with van der Waals surface area (Å²) in [5, 5.41) is 17.4. The lowest BCUT2D eigenvalue weighted by Crippen LogP contribution is -2.44. The van der Waals surface area contributed by atoms with Gasteiger partial charge in [-0.05, 0) is 40.8 Å². The van der Waals surface area contributed by atoms with Gasteiger partial charge in [-0.25, -0.2) is 9.59 Å². The van der Waals surface area contributed by atoms with Crippen LogP contribution in [0.25, 0.3) is 0 Å². The topological polar surface area (TPSA) is 101 Å². The molecule has 1 aliphatic heterocycles. The van der Waals surface area contributed by atoms with E-state index < -0.39 is 17.6 Å². The zero-order chi connectivity index (χ0) is 30.2. The van der Waals surface area contributed by atoms with E-state index in [1.807, 2.05) is 103 Å². The molecule has 8 heteroatoms. The standard InChI is InChI=1S/C35H35N3O4S/c1-24(2)28-18-9-10-19-31(28)43-32-30(39)22-35(42-33(32)40,26-15-7-4-8-16-26)21-29(25-13-5-3-6-14-25)38-34(41)37-23-27-17-11-12-20-36-27/h3-20,24,29,39H,21-23H2,1-2H3,(H2,37,38,41). The third kappa shape index (κ3) is 7.27. The average molecular weight is 594 g/mol. The fourth-order valence-electron chi connectivity index (χ4n) is 5.27. The number of thioether (sulfide) groups is 1. The highest BCUT2D eigenvalue weighted by Crippen LogP contribution is 2.47. The van der Waals surface area contributed by atoms with Crippen LogP contribution in [0.15, 0.2) is 125 Å². The number of ether oxygens (including phenoxy) is 1. The molecular formula is C35H35N3O4S. The van der Waals surface area contributed by atoms with E-state index in [-0.39, 0.29) is 42.0 Å². The first-order chi connectivity index (χ1) is 20.8. The van der Waals surface area contributed by atoms with Crippen LogP contribution in [0.2, 0.25) is 0 Å². The van der Waals surface area contributed by atoms with Gasteiger partial charge < -0.3 is 20.5 Å². The Balaban J connectivity index is 1.46. The number of aliphatic hydroxyl groups excluding tert-OH is 1. The van der Waals surface area contributed by atoms with E-state index in [2.05, 4.69) is 29.5 Å². The minimum atomic E-state index is -1.22. The molecule has 43 heavy (non-hydrogen) atoms. The lowest BCUT2D eigenvalue weighted by atomic mass is 9.80. The van der Waals surface area contributed by atoms with E-state index in [0.29, 0.717) is 0 Å². The lowest BCUT2D eigenvalue weighted by Gasteiger charge is -2.40. The Morgan fingerprint density at radius 1 is 0.953 bits per heavy atom. The van der Waals surface area contributed by atoms with Gasteiger partial charge in [0, 0.05) is 17.5 Å². The fourth-order valence-corrected chi connectivity index (χ4v) is 6.38. The normalized spacial score (nSPS) is 17.3. The van der Waals surface area contributed by atoms with Gasteiger partial charge in [0.1, 0.15) is 16.3 Å². The highest BCUT2D eigenvalue weighted by atomic mass is 32.2. The van der Waals surface area contributed by atoms with Crippen LogP contribution in [0.5, 0.6) is 0 Å². The molecule has 3 N–H and O–H groups in total. The van der Waals surface area contributed by atoms with Gasteiger partial charge in [0.2, 0.25) is 0 Å². The van der Waals surface area contributed by atoms with Crippen molar-refractivity contribution in [2.45, 2.75) is 55.7 Å². The number of cyclic esters (lactones) is 1. The third-order valence-electron chi connectivity index (χ3n) is 7.44. The molecule has 1 aromatic heterocycles. The molecule has 0 saturated heterocycles. The minimum Gasteiger partial charge on any atom is -0.511 e. The number of carbonyl (C=O) groups excluding carboxylic acids is 2. The van der Waals surface area contributed by atoms with Crippen molar-refractivity contribution in [3.05, 3.63) is 142 Å². The van der Waals surface area contributed by atoms with Crippen LogP contribution in [0.3, 0.4) is 0 Å². The average Bonchev–Trinajstić information content (AvgIpc) is 3.03. The molecule has 2 amide bonds. The minimum absolute atomic E-state index is 0.0323. The van der Waals surface area contributed by atoms with Gasteiger partial charge in [-0.15, -0.1) is 0 Å². The molecule has 0 bridgehead atoms. The third-order valence-corrected chi connectivity index (χ3v) is 8.64. The molecule has 0 saturated carbocycles. The molecule has 0 radical (unpaired) electrons. The Morgan fingerprint density at radius 2 is 1.63 bits per heavy atom. The quantitative estimate of drug-likeness (QED) is 0.164. The second kappa shape index (κ2) is 13.6. The lowest BCUT2D eigenvalue weighted by molar-refractivity contribution is -0.160. The van der Waals surface area contributed by atoms with Crippen LogP contribution in [-0.4, -0.2) is 22.1 Å². The van der Waals surface area contributed by atoms with Crippen LogP contribution < -0.4 is 10.6 Å². The van der Waals surface area contributed by atoms with Gasteiger partial charge in [-0.2, -0.15) is 0 Å². The molecule has 4 aromatic rings. The van der Waals surface area contributed by atoms with E-state index >= 15 is 0 Å². The maximum absolute atomic E-state index is 13.7. The Bertz CT molecular complexity index is 1580. The molecule has 220 valence electrons. The zero-order valence-electron chi connectivity index (χ0n) is 24.2. The largest absolute Gasteiger partial charge is 0.511 e. The highest BCUT2D eigenvalue weighted by molar-refractivity contribution is 8.04. The van der Waals surface area contributed by atoms with Crippen molar-refractivity contribution in [1.82, 2.24) is 15.6 Å². The summed E-state index contributed by atoms with van der Waals surface area (Å²) in [5.74, 6) is -0.381. The number of amides is 2. The predicted molar refractivity (Wildman–Crippen MR) is 168 cm³/mol. The second-order valence-corrected chi connectivity index (χ2v) is 11.9. The first-order valence-corrected chi connectivity index (χ1v) is 15.1. The summed E-state index contributed by atoms with van der Waals surface area (Å²) in [6.07, 6.45) is 1.95. The van der Waals surface area contributed by atoms with Crippen LogP contribution in [-0.2, 0) is 21.7 Å². The van der Waals surface area contributed by atoms with Crippen molar-refractivity contribution in [2.24, 2.45) is 0 Å². The number of hydrogen-bond donors (Lipinski definition) is 3. The van der Waals surface area contributed by atoms with Crippen LogP contribution >= 0.6 is 11.8 Å². The van der Waals surface area contributed by atoms with Crippen LogP contribution in [0.1, 0.15) is 61.0 Å². The first-order valence-electron chi connectivity index (χ1n) is 14.3. The zero-order valence-corrected chi connectivity index (χ0v) is 25.0. The maximum Gasteiger partial charge on any atom is 0.349 e. The molecule has 7 nitrogen and oxygen atoms in total. The Kier molecular flexibility index (Phi) is 9.47. The summed E-state index contributed by atoms with van der Waals surface area (Å²) in [6.45, 7) is 4.45. The van der Waals surface area contributed by atoms with Crippen LogP contribution in [0, 0.1) is 0 Å². The van der Waals surface area contributed by atoms with Crippen LogP contribution in [0.4, 0.5) is 4.79 Å². The molecule has 2 heterocycles. The van der Waals surface area contributed by atoms with Crippen molar-refractivity contribution in [3.8, 4) is 0 Å². The molecule has 0 spiro atoms. The SMILES string of the molecule is CC(C)c1ccccc1SC1=C(O)CC(CC(NC(=O)NCc2ccccn2)c2ccccc2)(c2ccccc2)OC1=O. The number of pyridine rings is 1. The number of esters is 1. The summed E-state index contributed by atoms with van der Waals surface area (Å²) in [6, 6.07) is 31.4. The van der Waals surface area contributed by atoms with E-state index in [9.17, 15) is 14.7 Å². The molecule has 2 atom stereocenters. The molecule has 0 aliphatic carbocycles. The van der Waals surface area contributed by atoms with Crippen molar-refractivity contribution < 1.29 is 19.4 Å². The van der Waals surface area contributed by atoms with Gasteiger partial charge in [0.25, 0.3) is 0 Å². The molecule has 2 unspecified atom stereocenters. The summed E-state index contributed by atoms with van der Waals surface area (Å²) in [7, 11) is 0. The van der Waals surface area contributed by atoms with Crippen molar-refractivity contribution in [3.63, 3.8) is 0 Å². The van der Waals surface area contributed by atoms with Crippen molar-refractivity contribution in [2.75, 3.05) is 0 Å². The Labute approximate surface area is 256 Å². The second-order valence-electron chi connectivity index (χ2n) is 10.8. The van der Waals surface area contributed by atoms with Gasteiger partial charge in [0.05, 0.1) is 24.7 Å². The number of rotatable bonds is 10. The summed E-state index contributed by atoms with van der Waals surface area (Å²) in [5.41, 5.74) is 2.17.